The highest BCUT2D eigenvalue weighted by Gasteiger charge is 2.18. The summed E-state index contributed by atoms with van der Waals surface area (Å²) in [6, 6.07) is 19.1. The number of nitrogens with zero attached hydrogens (tertiary/aromatic N) is 1. The molecule has 3 rings (SSSR count). The highest BCUT2D eigenvalue weighted by Crippen LogP contribution is 2.23. The summed E-state index contributed by atoms with van der Waals surface area (Å²) in [6.07, 6.45) is 0. The summed E-state index contributed by atoms with van der Waals surface area (Å²) >= 11 is 7.68. The molecule has 2 nitrogen and oxygen atoms in total. The smallest absolute Gasteiger partial charge is 0.258 e. The topological polar surface area (TPSA) is 20.3 Å². The quantitative estimate of drug-likeness (QED) is 0.608. The first-order chi connectivity index (χ1) is 11.1. The number of hydrogen-bond acceptors (Lipinski definition) is 2. The minimum Gasteiger partial charge on any atom is -0.303 e. The van der Waals surface area contributed by atoms with Gasteiger partial charge >= 0.3 is 0 Å². The number of halogens is 1. The number of amides is 1. The molecule has 2 aromatic carbocycles. The van der Waals surface area contributed by atoms with Crippen molar-refractivity contribution in [2.24, 2.45) is 0 Å². The first-order valence-corrected chi connectivity index (χ1v) is 8.56. The molecule has 3 aromatic rings. The van der Waals surface area contributed by atoms with Crippen molar-refractivity contribution in [2.75, 3.05) is 4.90 Å². The lowest BCUT2D eigenvalue weighted by Crippen LogP contribution is -2.30. The number of benzene rings is 2. The number of anilines is 1. The lowest BCUT2D eigenvalue weighted by molar-refractivity contribution is 0.0985. The van der Waals surface area contributed by atoms with E-state index >= 15 is 0 Å². The van der Waals surface area contributed by atoms with Crippen molar-refractivity contribution in [1.29, 1.82) is 0 Å². The zero-order valence-electron chi connectivity index (χ0n) is 12.7. The highest BCUT2D eigenvalue weighted by atomic mass is 35.5. The molecule has 0 aliphatic heterocycles. The third-order valence-electron chi connectivity index (χ3n) is 3.56. The third-order valence-corrected chi connectivity index (χ3v) is 4.65. The lowest BCUT2D eigenvalue weighted by Gasteiger charge is -2.23. The largest absolute Gasteiger partial charge is 0.303 e. The van der Waals surface area contributed by atoms with Gasteiger partial charge < -0.3 is 4.90 Å². The molecule has 23 heavy (non-hydrogen) atoms. The van der Waals surface area contributed by atoms with Gasteiger partial charge in [0.25, 0.3) is 5.91 Å². The third kappa shape index (κ3) is 3.81. The molecule has 1 amide bonds. The van der Waals surface area contributed by atoms with Crippen molar-refractivity contribution < 1.29 is 4.79 Å². The Morgan fingerprint density at radius 1 is 1.09 bits per heavy atom. The SMILES string of the molecule is Cc1ccc(N(Cc2cccs2)C(=O)c2cccc(Cl)c2)cc1. The summed E-state index contributed by atoms with van der Waals surface area (Å²) < 4.78 is 0. The molecule has 1 aromatic heterocycles. The Balaban J connectivity index is 1.97. The molecule has 0 aliphatic rings. The fourth-order valence-electron chi connectivity index (χ4n) is 2.34. The van der Waals surface area contributed by atoms with Crippen LogP contribution in [0.25, 0.3) is 0 Å². The van der Waals surface area contributed by atoms with E-state index in [1.54, 1.807) is 40.5 Å². The number of carbonyl (C=O) groups excluding carboxylic acids is 1. The molecule has 0 saturated heterocycles. The van der Waals surface area contributed by atoms with E-state index in [0.29, 0.717) is 17.1 Å². The molecule has 0 saturated carbocycles. The average Bonchev–Trinajstić information content (AvgIpc) is 3.06. The van der Waals surface area contributed by atoms with Crippen molar-refractivity contribution in [1.82, 2.24) is 0 Å². The highest BCUT2D eigenvalue weighted by molar-refractivity contribution is 7.09. The van der Waals surface area contributed by atoms with Crippen LogP contribution in [-0.4, -0.2) is 5.91 Å². The van der Waals surface area contributed by atoms with Crippen LogP contribution < -0.4 is 4.90 Å². The van der Waals surface area contributed by atoms with Crippen LogP contribution in [0.15, 0.2) is 66.0 Å². The van der Waals surface area contributed by atoms with Gasteiger partial charge in [0, 0.05) is 21.2 Å². The van der Waals surface area contributed by atoms with Crippen LogP contribution in [0.2, 0.25) is 5.02 Å². The Morgan fingerprint density at radius 2 is 1.87 bits per heavy atom. The first-order valence-electron chi connectivity index (χ1n) is 7.30. The zero-order chi connectivity index (χ0) is 16.2. The summed E-state index contributed by atoms with van der Waals surface area (Å²) in [7, 11) is 0. The molecule has 0 N–H and O–H groups in total. The van der Waals surface area contributed by atoms with Gasteiger partial charge in [-0.15, -0.1) is 11.3 Å². The monoisotopic (exact) mass is 341 g/mol. The van der Waals surface area contributed by atoms with E-state index in [1.807, 2.05) is 48.7 Å². The number of aryl methyl sites for hydroxylation is 1. The first kappa shape index (κ1) is 15.8. The van der Waals surface area contributed by atoms with E-state index < -0.39 is 0 Å². The molecule has 0 spiro atoms. The number of rotatable bonds is 4. The van der Waals surface area contributed by atoms with E-state index in [-0.39, 0.29) is 5.91 Å². The summed E-state index contributed by atoms with van der Waals surface area (Å²) in [5.74, 6) is -0.0512. The van der Waals surface area contributed by atoms with Gasteiger partial charge in [0.1, 0.15) is 0 Å². The summed E-state index contributed by atoms with van der Waals surface area (Å²) in [5, 5.41) is 2.59. The van der Waals surface area contributed by atoms with Gasteiger partial charge in [0.05, 0.1) is 6.54 Å². The summed E-state index contributed by atoms with van der Waals surface area (Å²) in [4.78, 5) is 15.9. The van der Waals surface area contributed by atoms with Crippen LogP contribution >= 0.6 is 22.9 Å². The predicted molar refractivity (Wildman–Crippen MR) is 97.5 cm³/mol. The second kappa shape index (κ2) is 6.99. The Morgan fingerprint density at radius 3 is 2.52 bits per heavy atom. The van der Waals surface area contributed by atoms with Crippen molar-refractivity contribution in [2.45, 2.75) is 13.5 Å². The fraction of sp³-hybridized carbons (Fsp3) is 0.105. The van der Waals surface area contributed by atoms with Crippen LogP contribution in [0.4, 0.5) is 5.69 Å². The fourth-order valence-corrected chi connectivity index (χ4v) is 3.22. The van der Waals surface area contributed by atoms with Crippen molar-refractivity contribution in [3.8, 4) is 0 Å². The van der Waals surface area contributed by atoms with Gasteiger partial charge in [-0.2, -0.15) is 0 Å². The molecular weight excluding hydrogens is 326 g/mol. The molecule has 116 valence electrons. The van der Waals surface area contributed by atoms with Crippen molar-refractivity contribution in [3.05, 3.63) is 87.1 Å². The normalized spacial score (nSPS) is 10.5. The maximum atomic E-state index is 13.0. The van der Waals surface area contributed by atoms with Crippen LogP contribution in [0, 0.1) is 6.92 Å². The van der Waals surface area contributed by atoms with Crippen molar-refractivity contribution in [3.63, 3.8) is 0 Å². The van der Waals surface area contributed by atoms with Gasteiger partial charge in [-0.25, -0.2) is 0 Å². The molecule has 1 heterocycles. The van der Waals surface area contributed by atoms with Crippen LogP contribution in [0.5, 0.6) is 0 Å². The minimum absolute atomic E-state index is 0.0512. The Hall–Kier alpha value is -2.10. The van der Waals surface area contributed by atoms with E-state index in [0.717, 1.165) is 10.6 Å². The van der Waals surface area contributed by atoms with Gasteiger partial charge in [0.15, 0.2) is 0 Å². The van der Waals surface area contributed by atoms with Crippen molar-refractivity contribution >= 4 is 34.5 Å². The Kier molecular flexibility index (Phi) is 4.79. The Labute approximate surface area is 145 Å². The minimum atomic E-state index is -0.0512. The molecule has 0 radical (unpaired) electrons. The molecule has 0 atom stereocenters. The van der Waals surface area contributed by atoms with Crippen LogP contribution in [0.3, 0.4) is 0 Å². The molecule has 0 fully saturated rings. The van der Waals surface area contributed by atoms with Gasteiger partial charge in [-0.1, -0.05) is 41.4 Å². The lowest BCUT2D eigenvalue weighted by atomic mass is 10.1. The second-order valence-electron chi connectivity index (χ2n) is 5.32. The van der Waals surface area contributed by atoms with E-state index in [1.165, 1.54) is 5.56 Å². The van der Waals surface area contributed by atoms with E-state index in [2.05, 4.69) is 0 Å². The van der Waals surface area contributed by atoms with Crippen LogP contribution in [0.1, 0.15) is 20.8 Å². The molecule has 0 bridgehead atoms. The number of hydrogen-bond donors (Lipinski definition) is 0. The molecule has 0 aliphatic carbocycles. The zero-order valence-corrected chi connectivity index (χ0v) is 14.3. The maximum absolute atomic E-state index is 13.0. The van der Waals surface area contributed by atoms with Gasteiger partial charge in [-0.3, -0.25) is 4.79 Å². The maximum Gasteiger partial charge on any atom is 0.258 e. The molecular formula is C19H16ClNOS. The average molecular weight is 342 g/mol. The van der Waals surface area contributed by atoms with Gasteiger partial charge in [0.2, 0.25) is 0 Å². The molecule has 4 heteroatoms. The summed E-state index contributed by atoms with van der Waals surface area (Å²) in [5.41, 5.74) is 2.64. The number of thiophene rings is 1. The predicted octanol–water partition coefficient (Wildman–Crippen LogP) is 5.56. The van der Waals surface area contributed by atoms with Crippen LogP contribution in [-0.2, 0) is 6.54 Å². The van der Waals surface area contributed by atoms with E-state index in [4.69, 9.17) is 11.6 Å². The summed E-state index contributed by atoms with van der Waals surface area (Å²) in [6.45, 7) is 2.58. The Bertz CT molecular complexity index is 797. The molecule has 0 unspecified atom stereocenters. The number of carbonyl (C=O) groups is 1. The standard InChI is InChI=1S/C19H16ClNOS/c1-14-7-9-17(10-8-14)21(13-18-6-3-11-23-18)19(22)15-4-2-5-16(20)12-15/h2-12H,13H2,1H3. The van der Waals surface area contributed by atoms with Gasteiger partial charge in [-0.05, 0) is 48.7 Å². The van der Waals surface area contributed by atoms with E-state index in [9.17, 15) is 4.79 Å². The second-order valence-corrected chi connectivity index (χ2v) is 6.79.